The normalized spacial score (nSPS) is 14.8. The minimum atomic E-state index is -0.662. The van der Waals surface area contributed by atoms with E-state index >= 15 is 0 Å². The number of rotatable bonds is 0. The molecule has 1 atom stereocenters. The summed E-state index contributed by atoms with van der Waals surface area (Å²) in [6.07, 6.45) is 3.37. The number of anilines is 1. The lowest BCUT2D eigenvalue weighted by molar-refractivity contribution is 0.226. The van der Waals surface area contributed by atoms with Crippen molar-refractivity contribution < 1.29 is 13.5 Å². The maximum atomic E-state index is 14.8. The first-order valence-electron chi connectivity index (χ1n) is 9.36. The molecule has 4 aromatic rings. The Hall–Kier alpha value is -4.26. The number of hydrogen-bond donors (Lipinski definition) is 1. The summed E-state index contributed by atoms with van der Waals surface area (Å²) in [6, 6.07) is 7.79. The summed E-state index contributed by atoms with van der Waals surface area (Å²) in [5.41, 5.74) is 8.25. The van der Waals surface area contributed by atoms with E-state index in [1.807, 2.05) is 6.07 Å². The van der Waals surface area contributed by atoms with Gasteiger partial charge in [0.1, 0.15) is 18.0 Å². The van der Waals surface area contributed by atoms with E-state index in [4.69, 9.17) is 10.5 Å². The van der Waals surface area contributed by atoms with Crippen molar-refractivity contribution in [3.05, 3.63) is 71.6 Å². The van der Waals surface area contributed by atoms with Crippen molar-refractivity contribution in [3.63, 3.8) is 0 Å². The maximum Gasteiger partial charge on any atom is 0.166 e. The number of nitrogens with two attached hydrogens (primary N) is 1. The zero-order valence-corrected chi connectivity index (χ0v) is 16.3. The Morgan fingerprint density at radius 1 is 1.23 bits per heavy atom. The Morgan fingerprint density at radius 3 is 2.87 bits per heavy atom. The first-order valence-corrected chi connectivity index (χ1v) is 9.36. The maximum absolute atomic E-state index is 14.8. The van der Waals surface area contributed by atoms with E-state index in [-0.39, 0.29) is 29.5 Å². The highest BCUT2D eigenvalue weighted by atomic mass is 19.1. The molecule has 0 saturated carbocycles. The first-order chi connectivity index (χ1) is 15.0. The molecule has 1 aliphatic rings. The van der Waals surface area contributed by atoms with Gasteiger partial charge in [0.05, 0.1) is 36.1 Å². The van der Waals surface area contributed by atoms with Crippen LogP contribution in [0.5, 0.6) is 5.75 Å². The van der Waals surface area contributed by atoms with Gasteiger partial charge in [0.25, 0.3) is 0 Å². The predicted octanol–water partition coefficient (Wildman–Crippen LogP) is 3.36. The van der Waals surface area contributed by atoms with Gasteiger partial charge in [-0.25, -0.2) is 23.4 Å². The third-order valence-corrected chi connectivity index (χ3v) is 5.20. The number of aromatic nitrogens is 5. The van der Waals surface area contributed by atoms with E-state index in [0.29, 0.717) is 22.5 Å². The van der Waals surface area contributed by atoms with Gasteiger partial charge in [0, 0.05) is 17.3 Å². The van der Waals surface area contributed by atoms with E-state index in [2.05, 4.69) is 15.1 Å². The lowest BCUT2D eigenvalue weighted by Crippen LogP contribution is -2.15. The Bertz CT molecular complexity index is 1370. The van der Waals surface area contributed by atoms with Crippen LogP contribution in [0.25, 0.3) is 16.9 Å². The largest absolute Gasteiger partial charge is 0.482 e. The molecule has 0 fully saturated rings. The van der Waals surface area contributed by atoms with Gasteiger partial charge in [0.15, 0.2) is 23.1 Å². The highest BCUT2D eigenvalue weighted by Crippen LogP contribution is 2.35. The summed E-state index contributed by atoms with van der Waals surface area (Å²) in [4.78, 5) is 8.32. The second-order valence-electron chi connectivity index (χ2n) is 7.10. The van der Waals surface area contributed by atoms with E-state index in [1.54, 1.807) is 17.6 Å². The topological polar surface area (TPSA) is 108 Å². The Kier molecular flexibility index (Phi) is 4.18. The van der Waals surface area contributed by atoms with Gasteiger partial charge < -0.3 is 15.0 Å². The summed E-state index contributed by atoms with van der Waals surface area (Å²) in [7, 11) is 0. The van der Waals surface area contributed by atoms with Gasteiger partial charge in [-0.2, -0.15) is 10.4 Å². The molecule has 8 nitrogen and oxygen atoms in total. The Balaban J connectivity index is 1.83. The average molecular weight is 419 g/mol. The first kappa shape index (κ1) is 18.7. The van der Waals surface area contributed by atoms with Gasteiger partial charge in [-0.15, -0.1) is 0 Å². The molecule has 154 valence electrons. The number of nitrogen functional groups attached to an aromatic ring is 1. The van der Waals surface area contributed by atoms with Crippen molar-refractivity contribution in [1.29, 1.82) is 5.26 Å². The van der Waals surface area contributed by atoms with Gasteiger partial charge in [-0.05, 0) is 31.2 Å². The molecular weight excluding hydrogens is 404 g/mol. The Labute approximate surface area is 175 Å². The molecule has 31 heavy (non-hydrogen) atoms. The van der Waals surface area contributed by atoms with Gasteiger partial charge in [0.2, 0.25) is 0 Å². The third kappa shape index (κ3) is 2.98. The highest BCUT2D eigenvalue weighted by Gasteiger charge is 2.24. The minimum Gasteiger partial charge on any atom is -0.482 e. The lowest BCUT2D eigenvalue weighted by atomic mass is 10.1. The second-order valence-corrected chi connectivity index (χ2v) is 7.10. The summed E-state index contributed by atoms with van der Waals surface area (Å²) in [5.74, 6) is -0.605. The molecule has 2 N–H and O–H groups in total. The number of nitriles is 1. The molecule has 0 spiro atoms. The number of fused-ring (bicyclic) bond motifs is 7. The lowest BCUT2D eigenvalue weighted by Gasteiger charge is -2.22. The van der Waals surface area contributed by atoms with Gasteiger partial charge in [-0.1, -0.05) is 0 Å². The fourth-order valence-electron chi connectivity index (χ4n) is 3.73. The summed E-state index contributed by atoms with van der Waals surface area (Å²) < 4.78 is 37.9. The molecular formula is C21H15F2N7O. The number of pyridine rings is 1. The molecule has 4 heterocycles. The van der Waals surface area contributed by atoms with Crippen molar-refractivity contribution in [2.75, 3.05) is 5.73 Å². The molecule has 10 heteroatoms. The molecule has 2 bridgehead atoms. The van der Waals surface area contributed by atoms with Crippen molar-refractivity contribution in [2.24, 2.45) is 0 Å². The van der Waals surface area contributed by atoms with Crippen LogP contribution in [0.15, 0.2) is 43.0 Å². The second kappa shape index (κ2) is 6.91. The third-order valence-electron chi connectivity index (χ3n) is 5.20. The molecule has 0 amide bonds. The molecule has 5 rings (SSSR count). The number of imidazole rings is 1. The smallest absolute Gasteiger partial charge is 0.166 e. The fourth-order valence-corrected chi connectivity index (χ4v) is 3.73. The highest BCUT2D eigenvalue weighted by molar-refractivity contribution is 5.69. The predicted molar refractivity (Wildman–Crippen MR) is 106 cm³/mol. The zero-order chi connectivity index (χ0) is 21.7. The number of hydrogen-bond acceptors (Lipinski definition) is 6. The molecule has 1 aliphatic heterocycles. The van der Waals surface area contributed by atoms with Gasteiger partial charge in [-0.3, -0.25) is 0 Å². The molecule has 0 unspecified atom stereocenters. The van der Waals surface area contributed by atoms with Crippen molar-refractivity contribution in [3.8, 4) is 28.8 Å². The number of ether oxygens (including phenoxy) is 1. The van der Waals surface area contributed by atoms with Crippen LogP contribution in [-0.2, 0) is 6.54 Å². The van der Waals surface area contributed by atoms with Crippen molar-refractivity contribution in [1.82, 2.24) is 24.3 Å². The molecule has 3 aromatic heterocycles. The van der Waals surface area contributed by atoms with Crippen LogP contribution < -0.4 is 10.5 Å². The van der Waals surface area contributed by atoms with Crippen LogP contribution in [0.3, 0.4) is 0 Å². The van der Waals surface area contributed by atoms with Crippen LogP contribution in [0.4, 0.5) is 14.6 Å². The average Bonchev–Trinajstić information content (AvgIpc) is 3.33. The van der Waals surface area contributed by atoms with Crippen LogP contribution in [0.2, 0.25) is 0 Å². The molecule has 0 radical (unpaired) electrons. The fraction of sp³-hybridized carbons (Fsp3) is 0.143. The summed E-state index contributed by atoms with van der Waals surface area (Å²) in [6.45, 7) is 1.75. The summed E-state index contributed by atoms with van der Waals surface area (Å²) >= 11 is 0. The molecule has 0 aliphatic carbocycles. The van der Waals surface area contributed by atoms with E-state index < -0.39 is 17.7 Å². The van der Waals surface area contributed by atoms with Crippen molar-refractivity contribution >= 4 is 5.82 Å². The van der Waals surface area contributed by atoms with Crippen LogP contribution in [0.1, 0.15) is 30.0 Å². The molecule has 1 aromatic carbocycles. The van der Waals surface area contributed by atoms with E-state index in [0.717, 1.165) is 6.20 Å². The summed E-state index contributed by atoms with van der Waals surface area (Å²) in [5, 5.41) is 13.7. The standard InChI is InChI=1S/C21H15F2N7O/c1-11-14-5-13(22)2-3-17(14)30-18(15(23)8-28-30)9-29-10-27-16(6-24)20(29)12-4-19(31-11)21(25)26-7-12/h2-5,7-8,10-11H,9H2,1H3,(H2,25,26)/t11-/m1/s1. The Morgan fingerprint density at radius 2 is 2.06 bits per heavy atom. The van der Waals surface area contributed by atoms with E-state index in [9.17, 15) is 14.0 Å². The van der Waals surface area contributed by atoms with Crippen LogP contribution in [-0.4, -0.2) is 24.3 Å². The van der Waals surface area contributed by atoms with Gasteiger partial charge >= 0.3 is 0 Å². The van der Waals surface area contributed by atoms with Crippen LogP contribution in [0, 0.1) is 23.0 Å². The van der Waals surface area contributed by atoms with E-state index in [1.165, 1.54) is 35.4 Å². The minimum absolute atomic E-state index is 0.0294. The number of benzene rings is 1. The zero-order valence-electron chi connectivity index (χ0n) is 16.3. The van der Waals surface area contributed by atoms with Crippen molar-refractivity contribution in [2.45, 2.75) is 19.6 Å². The quantitative estimate of drug-likeness (QED) is 0.468. The monoisotopic (exact) mass is 419 g/mol. The van der Waals surface area contributed by atoms with Crippen LogP contribution >= 0.6 is 0 Å². The molecule has 0 saturated heterocycles. The number of halogens is 2. The SMILES string of the molecule is C[C@H]1Oc2cc(cnc2N)-c2c(C#N)ncn2Cc2c(F)cnn2-c2ccc(F)cc21. The number of nitrogens with zero attached hydrogens (tertiary/aromatic N) is 6.